The van der Waals surface area contributed by atoms with E-state index in [-0.39, 0.29) is 24.2 Å². The van der Waals surface area contributed by atoms with Crippen molar-refractivity contribution in [2.45, 2.75) is 26.3 Å². The lowest BCUT2D eigenvalue weighted by atomic mass is 10.1. The van der Waals surface area contributed by atoms with Crippen LogP contribution < -0.4 is 14.8 Å². The first-order valence-electron chi connectivity index (χ1n) is 7.88. The summed E-state index contributed by atoms with van der Waals surface area (Å²) in [4.78, 5) is 12.1. The minimum atomic E-state index is -0.372. The fourth-order valence-electron chi connectivity index (χ4n) is 2.42. The molecule has 0 saturated carbocycles. The number of carbonyl (C=O) groups excluding carboxylic acids is 1. The van der Waals surface area contributed by atoms with Crippen LogP contribution in [-0.2, 0) is 11.2 Å². The van der Waals surface area contributed by atoms with E-state index in [1.54, 1.807) is 25.3 Å². The summed E-state index contributed by atoms with van der Waals surface area (Å²) in [6.45, 7) is 4.32. The Morgan fingerprint density at radius 3 is 2.62 bits per heavy atom. The van der Waals surface area contributed by atoms with Gasteiger partial charge in [-0.15, -0.1) is 0 Å². The SMILES string of the molecule is CCOc1ccc(C(C)NC(=O)Cc2ccccc2F)cc1OC. The van der Waals surface area contributed by atoms with Crippen molar-refractivity contribution in [2.75, 3.05) is 13.7 Å². The minimum absolute atomic E-state index is 0.00514. The molecule has 0 heterocycles. The van der Waals surface area contributed by atoms with E-state index in [0.717, 1.165) is 5.56 Å². The van der Waals surface area contributed by atoms with E-state index in [1.165, 1.54) is 6.07 Å². The smallest absolute Gasteiger partial charge is 0.225 e. The predicted molar refractivity (Wildman–Crippen MR) is 90.8 cm³/mol. The number of rotatable bonds is 7. The van der Waals surface area contributed by atoms with Gasteiger partial charge in [-0.3, -0.25) is 4.79 Å². The average Bonchev–Trinajstić information content (AvgIpc) is 2.57. The highest BCUT2D eigenvalue weighted by atomic mass is 19.1. The lowest BCUT2D eigenvalue weighted by molar-refractivity contribution is -0.121. The van der Waals surface area contributed by atoms with Crippen molar-refractivity contribution in [3.63, 3.8) is 0 Å². The maximum absolute atomic E-state index is 13.6. The summed E-state index contributed by atoms with van der Waals surface area (Å²) in [6, 6.07) is 11.6. The molecular formula is C19H22FNO3. The van der Waals surface area contributed by atoms with E-state index in [4.69, 9.17) is 9.47 Å². The van der Waals surface area contributed by atoms with Gasteiger partial charge in [-0.2, -0.15) is 0 Å². The third kappa shape index (κ3) is 4.47. The van der Waals surface area contributed by atoms with Gasteiger partial charge in [-0.1, -0.05) is 24.3 Å². The van der Waals surface area contributed by atoms with Gasteiger partial charge in [0.1, 0.15) is 5.82 Å². The van der Waals surface area contributed by atoms with Crippen LogP contribution in [0, 0.1) is 5.82 Å². The van der Waals surface area contributed by atoms with E-state index < -0.39 is 0 Å². The Morgan fingerprint density at radius 2 is 1.96 bits per heavy atom. The van der Waals surface area contributed by atoms with Crippen molar-refractivity contribution >= 4 is 5.91 Å². The molecular weight excluding hydrogens is 309 g/mol. The second kappa shape index (κ2) is 8.34. The van der Waals surface area contributed by atoms with Crippen LogP contribution >= 0.6 is 0 Å². The van der Waals surface area contributed by atoms with E-state index in [2.05, 4.69) is 5.32 Å². The van der Waals surface area contributed by atoms with Gasteiger partial charge in [0.2, 0.25) is 5.91 Å². The van der Waals surface area contributed by atoms with Crippen LogP contribution in [0.25, 0.3) is 0 Å². The van der Waals surface area contributed by atoms with Gasteiger partial charge in [0.05, 0.1) is 26.2 Å². The first-order chi connectivity index (χ1) is 11.5. The molecule has 0 saturated heterocycles. The average molecular weight is 331 g/mol. The Labute approximate surface area is 141 Å². The molecule has 2 rings (SSSR count). The van der Waals surface area contributed by atoms with Crippen LogP contribution in [0.3, 0.4) is 0 Å². The molecule has 0 bridgehead atoms. The van der Waals surface area contributed by atoms with Crippen molar-refractivity contribution in [1.82, 2.24) is 5.32 Å². The molecule has 2 aromatic rings. The van der Waals surface area contributed by atoms with E-state index in [9.17, 15) is 9.18 Å². The van der Waals surface area contributed by atoms with Gasteiger partial charge in [-0.25, -0.2) is 4.39 Å². The van der Waals surface area contributed by atoms with Crippen LogP contribution in [0.4, 0.5) is 4.39 Å². The number of ether oxygens (including phenoxy) is 2. The van der Waals surface area contributed by atoms with Crippen LogP contribution in [-0.4, -0.2) is 19.6 Å². The highest BCUT2D eigenvalue weighted by Crippen LogP contribution is 2.30. The third-order valence-corrected chi connectivity index (χ3v) is 3.67. The molecule has 1 unspecified atom stereocenters. The predicted octanol–water partition coefficient (Wildman–Crippen LogP) is 3.65. The molecule has 1 amide bonds. The molecule has 0 aromatic heterocycles. The van der Waals surface area contributed by atoms with Crippen molar-refractivity contribution in [3.05, 3.63) is 59.4 Å². The largest absolute Gasteiger partial charge is 0.493 e. The minimum Gasteiger partial charge on any atom is -0.493 e. The molecule has 0 aliphatic carbocycles. The normalized spacial score (nSPS) is 11.7. The van der Waals surface area contributed by atoms with Gasteiger partial charge in [0.15, 0.2) is 11.5 Å². The van der Waals surface area contributed by atoms with Gasteiger partial charge < -0.3 is 14.8 Å². The third-order valence-electron chi connectivity index (χ3n) is 3.67. The Bertz CT molecular complexity index is 703. The van der Waals surface area contributed by atoms with Crippen molar-refractivity contribution < 1.29 is 18.7 Å². The molecule has 128 valence electrons. The second-order valence-corrected chi connectivity index (χ2v) is 5.40. The zero-order chi connectivity index (χ0) is 17.5. The lowest BCUT2D eigenvalue weighted by Gasteiger charge is -2.17. The van der Waals surface area contributed by atoms with Gasteiger partial charge in [-0.05, 0) is 43.2 Å². The number of carbonyl (C=O) groups is 1. The lowest BCUT2D eigenvalue weighted by Crippen LogP contribution is -2.28. The maximum atomic E-state index is 13.6. The Kier molecular flexibility index (Phi) is 6.18. The molecule has 0 aliphatic heterocycles. The highest BCUT2D eigenvalue weighted by Gasteiger charge is 2.14. The zero-order valence-corrected chi connectivity index (χ0v) is 14.1. The van der Waals surface area contributed by atoms with Crippen molar-refractivity contribution in [2.24, 2.45) is 0 Å². The van der Waals surface area contributed by atoms with Crippen LogP contribution in [0.1, 0.15) is 31.0 Å². The fraction of sp³-hybridized carbons (Fsp3) is 0.316. The molecule has 1 N–H and O–H groups in total. The number of halogens is 1. The van der Waals surface area contributed by atoms with Gasteiger partial charge in [0, 0.05) is 0 Å². The van der Waals surface area contributed by atoms with Crippen molar-refractivity contribution in [1.29, 1.82) is 0 Å². The van der Waals surface area contributed by atoms with Crippen LogP contribution in [0.5, 0.6) is 11.5 Å². The quantitative estimate of drug-likeness (QED) is 0.842. The number of hydrogen-bond donors (Lipinski definition) is 1. The van der Waals surface area contributed by atoms with Crippen LogP contribution in [0.2, 0.25) is 0 Å². The van der Waals surface area contributed by atoms with Gasteiger partial charge >= 0.3 is 0 Å². The van der Waals surface area contributed by atoms with E-state index in [0.29, 0.717) is 23.7 Å². The summed E-state index contributed by atoms with van der Waals surface area (Å²) >= 11 is 0. The monoisotopic (exact) mass is 331 g/mol. The highest BCUT2D eigenvalue weighted by molar-refractivity contribution is 5.79. The topological polar surface area (TPSA) is 47.6 Å². The Hall–Kier alpha value is -2.56. The molecule has 4 nitrogen and oxygen atoms in total. The number of benzene rings is 2. The Balaban J connectivity index is 2.05. The summed E-state index contributed by atoms with van der Waals surface area (Å²) in [5, 5.41) is 2.87. The fourth-order valence-corrected chi connectivity index (χ4v) is 2.42. The number of hydrogen-bond acceptors (Lipinski definition) is 3. The first kappa shape index (κ1) is 17.8. The maximum Gasteiger partial charge on any atom is 0.225 e. The Morgan fingerprint density at radius 1 is 1.21 bits per heavy atom. The summed E-state index contributed by atoms with van der Waals surface area (Å²) in [6.07, 6.45) is 0.00514. The molecule has 0 radical (unpaired) electrons. The summed E-state index contributed by atoms with van der Waals surface area (Å²) in [5.74, 6) is 0.668. The standard InChI is InChI=1S/C19H22FNO3/c1-4-24-17-10-9-14(11-18(17)23-3)13(2)21-19(22)12-15-7-5-6-8-16(15)20/h5-11,13H,4,12H2,1-3H3,(H,21,22). The number of methoxy groups -OCH3 is 1. The zero-order valence-electron chi connectivity index (χ0n) is 14.1. The summed E-state index contributed by atoms with van der Waals surface area (Å²) < 4.78 is 24.4. The molecule has 0 aliphatic rings. The summed E-state index contributed by atoms with van der Waals surface area (Å²) in [7, 11) is 1.57. The molecule has 0 fully saturated rings. The van der Waals surface area contributed by atoms with E-state index >= 15 is 0 Å². The molecule has 5 heteroatoms. The first-order valence-corrected chi connectivity index (χ1v) is 7.88. The number of amides is 1. The van der Waals surface area contributed by atoms with E-state index in [1.807, 2.05) is 32.0 Å². The van der Waals surface area contributed by atoms with Crippen LogP contribution in [0.15, 0.2) is 42.5 Å². The molecule has 0 spiro atoms. The molecule has 1 atom stereocenters. The second-order valence-electron chi connectivity index (χ2n) is 5.40. The summed E-state index contributed by atoms with van der Waals surface area (Å²) in [5.41, 5.74) is 1.27. The molecule has 2 aromatic carbocycles. The molecule has 24 heavy (non-hydrogen) atoms. The van der Waals surface area contributed by atoms with Gasteiger partial charge in [0.25, 0.3) is 0 Å². The number of nitrogens with one attached hydrogen (secondary N) is 1. The van der Waals surface area contributed by atoms with Crippen molar-refractivity contribution in [3.8, 4) is 11.5 Å².